The summed E-state index contributed by atoms with van der Waals surface area (Å²) in [5, 5.41) is 6.04. The highest BCUT2D eigenvalue weighted by Crippen LogP contribution is 2.26. The number of benzene rings is 1. The number of aromatic nitrogens is 4. The number of likely N-dealkylation sites (tertiary alicyclic amines) is 1. The topological polar surface area (TPSA) is 95.9 Å². The fourth-order valence-electron chi connectivity index (χ4n) is 5.31. The Morgan fingerprint density at radius 3 is 2.63 bits per heavy atom. The number of rotatable bonds is 10. The number of alkyl halides is 2. The van der Waals surface area contributed by atoms with Crippen molar-refractivity contribution in [2.24, 2.45) is 5.92 Å². The Kier molecular flexibility index (Phi) is 9.03. The van der Waals surface area contributed by atoms with Crippen LogP contribution in [0.2, 0.25) is 0 Å². The van der Waals surface area contributed by atoms with Crippen LogP contribution in [0.5, 0.6) is 0 Å². The lowest BCUT2D eigenvalue weighted by Crippen LogP contribution is -2.37. The average molecular weight is 564 g/mol. The summed E-state index contributed by atoms with van der Waals surface area (Å²) < 4.78 is 39.9. The van der Waals surface area contributed by atoms with Gasteiger partial charge >= 0.3 is 0 Å². The number of fused-ring (bicyclic) bond motifs is 1. The molecule has 1 aliphatic rings. The van der Waals surface area contributed by atoms with Gasteiger partial charge in [-0.2, -0.15) is 0 Å². The van der Waals surface area contributed by atoms with E-state index in [1.165, 1.54) is 31.7 Å². The first kappa shape index (κ1) is 28.4. The molecule has 11 heteroatoms. The van der Waals surface area contributed by atoms with Crippen molar-refractivity contribution in [3.05, 3.63) is 77.8 Å². The number of amides is 1. The summed E-state index contributed by atoms with van der Waals surface area (Å²) in [6.45, 7) is 1.77. The monoisotopic (exact) mass is 563 g/mol. The maximum absolute atomic E-state index is 14.6. The maximum atomic E-state index is 14.6. The Hall–Kier alpha value is -4.12. The minimum absolute atomic E-state index is 0.143. The van der Waals surface area contributed by atoms with Gasteiger partial charge < -0.3 is 10.6 Å². The number of piperidine rings is 1. The van der Waals surface area contributed by atoms with Gasteiger partial charge in [0.25, 0.3) is 12.3 Å². The summed E-state index contributed by atoms with van der Waals surface area (Å²) >= 11 is 0. The Morgan fingerprint density at radius 2 is 1.90 bits per heavy atom. The lowest BCUT2D eigenvalue weighted by Gasteiger charge is -2.31. The highest BCUT2D eigenvalue weighted by Gasteiger charge is 2.22. The van der Waals surface area contributed by atoms with Crippen molar-refractivity contribution in [2.45, 2.75) is 32.1 Å². The fraction of sp³-hybridized carbons (Fsp3) is 0.367. The fourth-order valence-corrected chi connectivity index (χ4v) is 5.31. The number of hydrogen-bond donors (Lipinski definition) is 2. The molecule has 41 heavy (non-hydrogen) atoms. The number of hydrogen-bond acceptors (Lipinski definition) is 7. The van der Waals surface area contributed by atoms with Crippen LogP contribution in [-0.4, -0.2) is 70.4 Å². The second-order valence-corrected chi connectivity index (χ2v) is 10.2. The zero-order valence-corrected chi connectivity index (χ0v) is 22.8. The molecule has 3 aromatic heterocycles. The minimum atomic E-state index is -2.28. The first-order chi connectivity index (χ1) is 19.9. The predicted octanol–water partition coefficient (Wildman–Crippen LogP) is 4.76. The highest BCUT2D eigenvalue weighted by molar-refractivity contribution is 6.06. The third kappa shape index (κ3) is 6.97. The number of pyridine rings is 2. The van der Waals surface area contributed by atoms with Crippen LogP contribution in [0.3, 0.4) is 0 Å². The molecule has 2 N–H and O–H groups in total. The molecule has 8 nitrogen and oxygen atoms in total. The van der Waals surface area contributed by atoms with Gasteiger partial charge in [-0.1, -0.05) is 6.07 Å². The predicted molar refractivity (Wildman–Crippen MR) is 151 cm³/mol. The van der Waals surface area contributed by atoms with Crippen molar-refractivity contribution >= 4 is 22.6 Å². The number of anilines is 1. The molecule has 0 radical (unpaired) electrons. The summed E-state index contributed by atoms with van der Waals surface area (Å²) in [6, 6.07) is 10.4. The number of nitrogens with zero attached hydrogens (tertiary/aromatic N) is 5. The largest absolute Gasteiger partial charge is 0.370 e. The van der Waals surface area contributed by atoms with Crippen LogP contribution in [-0.2, 0) is 12.8 Å². The normalized spacial score (nSPS) is 14.5. The molecule has 1 fully saturated rings. The van der Waals surface area contributed by atoms with E-state index in [0.29, 0.717) is 43.3 Å². The molecule has 4 heterocycles. The Labute approximate surface area is 236 Å². The van der Waals surface area contributed by atoms with Crippen LogP contribution in [0.25, 0.3) is 22.2 Å². The van der Waals surface area contributed by atoms with Gasteiger partial charge in [-0.05, 0) is 74.5 Å². The van der Waals surface area contributed by atoms with Crippen LogP contribution in [0.15, 0.2) is 55.1 Å². The van der Waals surface area contributed by atoms with Crippen molar-refractivity contribution in [1.29, 1.82) is 0 Å². The molecule has 1 amide bonds. The molecule has 1 saturated heterocycles. The number of carbonyl (C=O) groups is 1. The third-order valence-electron chi connectivity index (χ3n) is 7.49. The molecule has 0 aliphatic carbocycles. The lowest BCUT2D eigenvalue weighted by atomic mass is 9.92. The van der Waals surface area contributed by atoms with Crippen LogP contribution >= 0.6 is 0 Å². The van der Waals surface area contributed by atoms with Crippen LogP contribution in [0, 0.1) is 11.7 Å². The van der Waals surface area contributed by atoms with E-state index in [-0.39, 0.29) is 23.4 Å². The van der Waals surface area contributed by atoms with Crippen molar-refractivity contribution < 1.29 is 18.0 Å². The van der Waals surface area contributed by atoms with Crippen molar-refractivity contribution in [1.82, 2.24) is 30.2 Å². The minimum Gasteiger partial charge on any atom is -0.370 e. The quantitative estimate of drug-likeness (QED) is 0.287. The molecular weight excluding hydrogens is 531 g/mol. The van der Waals surface area contributed by atoms with E-state index in [9.17, 15) is 18.0 Å². The molecule has 1 aliphatic heterocycles. The van der Waals surface area contributed by atoms with Gasteiger partial charge in [0.05, 0.1) is 23.3 Å². The van der Waals surface area contributed by atoms with E-state index >= 15 is 0 Å². The van der Waals surface area contributed by atoms with E-state index in [2.05, 4.69) is 30.6 Å². The summed E-state index contributed by atoms with van der Waals surface area (Å²) in [4.78, 5) is 31.7. The lowest BCUT2D eigenvalue weighted by molar-refractivity contribution is 0.0690. The number of carbonyl (C=O) groups excluding carboxylic acids is 1. The second-order valence-electron chi connectivity index (χ2n) is 10.2. The number of halogens is 3. The van der Waals surface area contributed by atoms with E-state index in [4.69, 9.17) is 0 Å². The molecule has 214 valence electrons. The van der Waals surface area contributed by atoms with E-state index in [0.717, 1.165) is 41.8 Å². The zero-order chi connectivity index (χ0) is 28.8. The summed E-state index contributed by atoms with van der Waals surface area (Å²) in [5.74, 6) is 0.232. The highest BCUT2D eigenvalue weighted by atomic mass is 19.3. The number of nitrogens with one attached hydrogen (secondary N) is 2. The first-order valence-electron chi connectivity index (χ1n) is 13.7. The smallest absolute Gasteiger partial charge is 0.251 e. The average Bonchev–Trinajstić information content (AvgIpc) is 2.99. The molecule has 5 rings (SSSR count). The van der Waals surface area contributed by atoms with Gasteiger partial charge in [0.2, 0.25) is 0 Å². The van der Waals surface area contributed by atoms with Gasteiger partial charge in [0.1, 0.15) is 18.0 Å². The van der Waals surface area contributed by atoms with E-state index in [1.54, 1.807) is 12.3 Å². The molecule has 0 bridgehead atoms. The Bertz CT molecular complexity index is 1490. The zero-order valence-electron chi connectivity index (χ0n) is 22.8. The van der Waals surface area contributed by atoms with Gasteiger partial charge in [-0.25, -0.2) is 23.1 Å². The molecule has 1 aromatic carbocycles. The van der Waals surface area contributed by atoms with Crippen LogP contribution in [0.4, 0.5) is 19.0 Å². The molecule has 4 aromatic rings. The summed E-state index contributed by atoms with van der Waals surface area (Å²) in [6.07, 6.45) is 5.69. The standard InChI is InChI=1S/C30H32F3N7O/c1-34-30(41)23-7-11-36-29-20(3-5-24(31)28(23)29)6-10-35-27-15-25(38-18-39-27)21-2-4-22(37-16-21)14-19-8-12-40(13-9-19)17-26(32)33/h2-5,7,11,15-16,18-19,26H,6,8-10,12-14,17H2,1H3,(H,34,41)(H,35,38,39). The van der Waals surface area contributed by atoms with E-state index in [1.807, 2.05) is 23.1 Å². The molecule has 0 saturated carbocycles. The van der Waals surface area contributed by atoms with Crippen LogP contribution < -0.4 is 10.6 Å². The summed E-state index contributed by atoms with van der Waals surface area (Å²) in [7, 11) is 1.51. The van der Waals surface area contributed by atoms with Crippen LogP contribution in [0.1, 0.15) is 34.5 Å². The van der Waals surface area contributed by atoms with Crippen molar-refractivity contribution in [3.63, 3.8) is 0 Å². The van der Waals surface area contributed by atoms with Gasteiger partial charge in [0.15, 0.2) is 0 Å². The summed E-state index contributed by atoms with van der Waals surface area (Å²) in [5.41, 5.74) is 4.09. The van der Waals surface area contributed by atoms with Gasteiger partial charge in [0, 0.05) is 48.7 Å². The Balaban J connectivity index is 1.19. The molecular formula is C30H32F3N7O. The van der Waals surface area contributed by atoms with Crippen molar-refractivity contribution in [2.75, 3.05) is 38.5 Å². The molecule has 0 unspecified atom stereocenters. The van der Waals surface area contributed by atoms with E-state index < -0.39 is 12.2 Å². The molecule has 0 spiro atoms. The third-order valence-corrected chi connectivity index (χ3v) is 7.49. The Morgan fingerprint density at radius 1 is 1.07 bits per heavy atom. The van der Waals surface area contributed by atoms with Crippen molar-refractivity contribution in [3.8, 4) is 11.3 Å². The SMILES string of the molecule is CNC(=O)c1ccnc2c(CCNc3cc(-c4ccc(CC5CCN(CC(F)F)CC5)nc4)ncn3)ccc(F)c12. The second kappa shape index (κ2) is 13.0. The molecule has 0 atom stereocenters. The van der Waals surface area contributed by atoms with Gasteiger partial charge in [-0.3, -0.25) is 19.7 Å². The maximum Gasteiger partial charge on any atom is 0.251 e. The van der Waals surface area contributed by atoms with Gasteiger partial charge in [-0.15, -0.1) is 0 Å². The first-order valence-corrected chi connectivity index (χ1v) is 13.7.